The lowest BCUT2D eigenvalue weighted by molar-refractivity contribution is -0.167. The molecule has 0 radical (unpaired) electrons. The highest BCUT2D eigenvalue weighted by molar-refractivity contribution is 5.71. The lowest BCUT2D eigenvalue weighted by Crippen LogP contribution is -2.30. The fourth-order valence-corrected chi connectivity index (χ4v) is 7.62. The van der Waals surface area contributed by atoms with Gasteiger partial charge in [0.1, 0.15) is 13.2 Å². The van der Waals surface area contributed by atoms with Gasteiger partial charge in [-0.1, -0.05) is 234 Å². The van der Waals surface area contributed by atoms with Crippen molar-refractivity contribution < 1.29 is 28.6 Å². The molecule has 0 unspecified atom stereocenters. The summed E-state index contributed by atoms with van der Waals surface area (Å²) in [5.41, 5.74) is 0. The molecule has 6 nitrogen and oxygen atoms in total. The van der Waals surface area contributed by atoms with E-state index in [2.05, 4.69) is 106 Å². The number of unbranched alkanes of at least 4 members (excludes halogenated alkanes) is 25. The largest absolute Gasteiger partial charge is 0.462 e. The molecule has 1 atom stereocenters. The first-order valence-corrected chi connectivity index (χ1v) is 28.1. The quantitative estimate of drug-likeness (QED) is 0.0262. The molecule has 0 aromatic rings. The fraction of sp³-hybridized carbons (Fsp3) is 0.721. The van der Waals surface area contributed by atoms with Crippen LogP contribution in [0.3, 0.4) is 0 Å². The van der Waals surface area contributed by atoms with Crippen molar-refractivity contribution in [3.05, 3.63) is 85.1 Å². The lowest BCUT2D eigenvalue weighted by atomic mass is 10.0. The van der Waals surface area contributed by atoms with Crippen molar-refractivity contribution in [1.29, 1.82) is 0 Å². The molecule has 0 heterocycles. The maximum atomic E-state index is 12.8. The van der Waals surface area contributed by atoms with Gasteiger partial charge in [0, 0.05) is 19.3 Å². The Labute approximate surface area is 414 Å². The number of rotatable bonds is 50. The summed E-state index contributed by atoms with van der Waals surface area (Å²) in [6.07, 6.45) is 71.4. The molecule has 0 aromatic heterocycles. The number of esters is 3. The van der Waals surface area contributed by atoms with Crippen molar-refractivity contribution in [1.82, 2.24) is 0 Å². The van der Waals surface area contributed by atoms with E-state index in [0.717, 1.165) is 89.9 Å². The zero-order chi connectivity index (χ0) is 48.6. The van der Waals surface area contributed by atoms with Gasteiger partial charge < -0.3 is 14.2 Å². The third-order valence-corrected chi connectivity index (χ3v) is 11.9. The Morgan fingerprint density at radius 3 is 0.925 bits per heavy atom. The van der Waals surface area contributed by atoms with Crippen LogP contribution in [0.4, 0.5) is 0 Å². The van der Waals surface area contributed by atoms with E-state index in [1.807, 2.05) is 0 Å². The molecule has 0 aliphatic heterocycles. The second-order valence-electron chi connectivity index (χ2n) is 18.5. The third kappa shape index (κ3) is 53.4. The summed E-state index contributed by atoms with van der Waals surface area (Å²) >= 11 is 0. The van der Waals surface area contributed by atoms with E-state index in [0.29, 0.717) is 19.3 Å². The molecular weight excluding hydrogens is 829 g/mol. The Kier molecular flexibility index (Phi) is 52.4. The van der Waals surface area contributed by atoms with Gasteiger partial charge >= 0.3 is 17.9 Å². The second kappa shape index (κ2) is 55.2. The average molecular weight is 933 g/mol. The topological polar surface area (TPSA) is 78.9 Å². The van der Waals surface area contributed by atoms with Gasteiger partial charge in [0.25, 0.3) is 0 Å². The molecule has 0 saturated carbocycles. The Morgan fingerprint density at radius 1 is 0.299 bits per heavy atom. The Morgan fingerprint density at radius 2 is 0.552 bits per heavy atom. The highest BCUT2D eigenvalue weighted by atomic mass is 16.6. The van der Waals surface area contributed by atoms with Crippen LogP contribution in [0.1, 0.15) is 265 Å². The first-order valence-electron chi connectivity index (χ1n) is 28.1. The van der Waals surface area contributed by atoms with Crippen LogP contribution >= 0.6 is 0 Å². The van der Waals surface area contributed by atoms with E-state index in [-0.39, 0.29) is 37.5 Å². The molecule has 0 N–H and O–H groups in total. The van der Waals surface area contributed by atoms with Gasteiger partial charge in [-0.25, -0.2) is 0 Å². The third-order valence-electron chi connectivity index (χ3n) is 11.9. The standard InChI is InChI=1S/C61H104O6/c1-4-7-10-13-16-19-22-25-28-30-33-36-39-42-45-48-51-54-60(63)66-57-58(56-65-59(62)53-50-47-44-41-38-35-32-27-24-21-18-15-12-9-6-3)67-61(64)55-52-49-46-43-40-37-34-31-29-26-23-20-17-14-11-8-5-2/h16-17,19-20,25-26,28-29,33-34,36-37,42,45,58H,4-15,18,21-24,27,30-32,35,38-41,43-44,46-57H2,1-3H3/b19-16-,20-17-,28-25-,29-26-,36-33-,37-34-,45-42-/t58-/m1/s1. The van der Waals surface area contributed by atoms with Gasteiger partial charge in [-0.15, -0.1) is 0 Å². The molecule has 0 fully saturated rings. The van der Waals surface area contributed by atoms with Crippen LogP contribution in [0.25, 0.3) is 0 Å². The summed E-state index contributed by atoms with van der Waals surface area (Å²) in [4.78, 5) is 38.1. The van der Waals surface area contributed by atoms with E-state index in [9.17, 15) is 14.4 Å². The molecule has 0 aromatic carbocycles. The normalized spacial score (nSPS) is 12.7. The molecule has 0 aliphatic carbocycles. The maximum absolute atomic E-state index is 12.8. The van der Waals surface area contributed by atoms with Crippen LogP contribution < -0.4 is 0 Å². The summed E-state index contributed by atoms with van der Waals surface area (Å²) in [7, 11) is 0. The summed E-state index contributed by atoms with van der Waals surface area (Å²) in [6, 6.07) is 0. The maximum Gasteiger partial charge on any atom is 0.306 e. The van der Waals surface area contributed by atoms with Crippen molar-refractivity contribution in [2.45, 2.75) is 271 Å². The summed E-state index contributed by atoms with van der Waals surface area (Å²) < 4.78 is 16.8. The molecule has 0 saturated heterocycles. The van der Waals surface area contributed by atoms with Gasteiger partial charge in [-0.05, 0) is 96.3 Å². The van der Waals surface area contributed by atoms with Gasteiger partial charge in [-0.2, -0.15) is 0 Å². The van der Waals surface area contributed by atoms with Crippen molar-refractivity contribution in [3.63, 3.8) is 0 Å². The van der Waals surface area contributed by atoms with Crippen LogP contribution in [0.2, 0.25) is 0 Å². The first-order chi connectivity index (χ1) is 33.0. The summed E-state index contributed by atoms with van der Waals surface area (Å²) in [5.74, 6) is -0.976. The van der Waals surface area contributed by atoms with Crippen LogP contribution in [0.5, 0.6) is 0 Å². The number of allylic oxidation sites excluding steroid dienone is 14. The Hall–Kier alpha value is -3.41. The predicted octanol–water partition coefficient (Wildman–Crippen LogP) is 18.8. The number of hydrogen-bond donors (Lipinski definition) is 0. The minimum Gasteiger partial charge on any atom is -0.462 e. The monoisotopic (exact) mass is 933 g/mol. The minimum atomic E-state index is -0.809. The Balaban J connectivity index is 4.51. The smallest absolute Gasteiger partial charge is 0.306 e. The van der Waals surface area contributed by atoms with E-state index in [4.69, 9.17) is 14.2 Å². The lowest BCUT2D eigenvalue weighted by Gasteiger charge is -2.18. The van der Waals surface area contributed by atoms with Crippen LogP contribution in [-0.4, -0.2) is 37.2 Å². The molecule has 0 rings (SSSR count). The van der Waals surface area contributed by atoms with Gasteiger partial charge in [0.2, 0.25) is 0 Å². The molecule has 384 valence electrons. The van der Waals surface area contributed by atoms with Gasteiger partial charge in [0.15, 0.2) is 6.10 Å². The average Bonchev–Trinajstić information content (AvgIpc) is 3.33. The Bertz CT molecular complexity index is 1300. The van der Waals surface area contributed by atoms with Crippen molar-refractivity contribution >= 4 is 17.9 Å². The molecule has 0 bridgehead atoms. The molecule has 0 amide bonds. The van der Waals surface area contributed by atoms with E-state index < -0.39 is 6.10 Å². The van der Waals surface area contributed by atoms with E-state index >= 15 is 0 Å². The molecule has 6 heteroatoms. The van der Waals surface area contributed by atoms with Crippen molar-refractivity contribution in [2.75, 3.05) is 13.2 Å². The fourth-order valence-electron chi connectivity index (χ4n) is 7.62. The number of ether oxygens (including phenoxy) is 3. The summed E-state index contributed by atoms with van der Waals surface area (Å²) in [5, 5.41) is 0. The molecule has 67 heavy (non-hydrogen) atoms. The molecule has 0 aliphatic rings. The van der Waals surface area contributed by atoms with E-state index in [1.165, 1.54) is 128 Å². The first kappa shape index (κ1) is 63.6. The van der Waals surface area contributed by atoms with Gasteiger partial charge in [0.05, 0.1) is 0 Å². The number of carbonyl (C=O) groups is 3. The SMILES string of the molecule is CCCCC/C=C\C/C=C\C/C=C\C/C=C\CCCC(=O)OC[C@@H](COC(=O)CCCCCCCCCCCCCCCCC)OC(=O)CCCCCC/C=C\C/C=C\C/C=C\CCCCC. The van der Waals surface area contributed by atoms with Crippen molar-refractivity contribution in [3.8, 4) is 0 Å². The van der Waals surface area contributed by atoms with Gasteiger partial charge in [-0.3, -0.25) is 14.4 Å². The highest BCUT2D eigenvalue weighted by Gasteiger charge is 2.19. The zero-order valence-electron chi connectivity index (χ0n) is 43.9. The minimum absolute atomic E-state index is 0.101. The van der Waals surface area contributed by atoms with Crippen molar-refractivity contribution in [2.24, 2.45) is 0 Å². The highest BCUT2D eigenvalue weighted by Crippen LogP contribution is 2.15. The predicted molar refractivity (Wildman–Crippen MR) is 288 cm³/mol. The number of hydrogen-bond acceptors (Lipinski definition) is 6. The number of carbonyl (C=O) groups excluding carboxylic acids is 3. The van der Waals surface area contributed by atoms with Crippen LogP contribution in [-0.2, 0) is 28.6 Å². The van der Waals surface area contributed by atoms with Crippen LogP contribution in [0.15, 0.2) is 85.1 Å². The summed E-state index contributed by atoms with van der Waals surface area (Å²) in [6.45, 7) is 6.53. The van der Waals surface area contributed by atoms with Crippen LogP contribution in [0, 0.1) is 0 Å². The second-order valence-corrected chi connectivity index (χ2v) is 18.5. The zero-order valence-corrected chi connectivity index (χ0v) is 43.9. The van der Waals surface area contributed by atoms with E-state index in [1.54, 1.807) is 0 Å². The molecule has 0 spiro atoms. The molecular formula is C61H104O6.